The van der Waals surface area contributed by atoms with E-state index in [1.807, 2.05) is 13.8 Å². The van der Waals surface area contributed by atoms with Gasteiger partial charge in [-0.15, -0.1) is 0 Å². The zero-order chi connectivity index (χ0) is 14.6. The quantitative estimate of drug-likeness (QED) is 0.467. The maximum Gasteiger partial charge on any atom is 0.311 e. The van der Waals surface area contributed by atoms with E-state index in [1.54, 1.807) is 0 Å². The van der Waals surface area contributed by atoms with Crippen molar-refractivity contribution in [3.63, 3.8) is 0 Å². The van der Waals surface area contributed by atoms with Crippen LogP contribution in [0.3, 0.4) is 0 Å². The first kappa shape index (κ1) is 14.9. The van der Waals surface area contributed by atoms with Crippen molar-refractivity contribution < 1.29 is 14.8 Å². The highest BCUT2D eigenvalue weighted by Gasteiger charge is 2.29. The van der Waals surface area contributed by atoms with Crippen LogP contribution in [0.25, 0.3) is 0 Å². The topological polar surface area (TPSA) is 106 Å². The first-order valence-electron chi connectivity index (χ1n) is 6.15. The van der Waals surface area contributed by atoms with Gasteiger partial charge in [0.25, 0.3) is 5.69 Å². The van der Waals surface area contributed by atoms with E-state index in [1.165, 1.54) is 18.2 Å². The summed E-state index contributed by atoms with van der Waals surface area (Å²) in [6.45, 7) is 3.78. The molecule has 0 aliphatic carbocycles. The minimum absolute atomic E-state index is 0.133. The summed E-state index contributed by atoms with van der Waals surface area (Å²) in [7, 11) is 0. The molecule has 0 aliphatic rings. The molecule has 0 bridgehead atoms. The fourth-order valence-electron chi connectivity index (χ4n) is 2.25. The third-order valence-corrected chi connectivity index (χ3v) is 3.20. The minimum atomic E-state index is -1.01. The van der Waals surface area contributed by atoms with Gasteiger partial charge in [-0.3, -0.25) is 14.9 Å². The molecular weight excluding hydrogens is 248 g/mol. The molecule has 104 valence electrons. The first-order valence-corrected chi connectivity index (χ1v) is 6.15. The Morgan fingerprint density at radius 3 is 2.63 bits per heavy atom. The average molecular weight is 266 g/mol. The molecule has 2 unspecified atom stereocenters. The number of nitro groups is 1. The number of hydrogen-bond donors (Lipinski definition) is 2. The Balaban J connectivity index is 3.25. The number of nitrogen functional groups attached to an aromatic ring is 1. The van der Waals surface area contributed by atoms with Gasteiger partial charge in [-0.2, -0.15) is 0 Å². The Bertz CT molecular complexity index is 488. The number of carboxylic acids is 1. The fourth-order valence-corrected chi connectivity index (χ4v) is 2.25. The van der Waals surface area contributed by atoms with E-state index in [9.17, 15) is 20.0 Å². The SMILES string of the molecule is CCCC(C)C(C(=O)O)c1cc([N+](=O)[O-])ccc1N. The van der Waals surface area contributed by atoms with Gasteiger partial charge in [0.1, 0.15) is 0 Å². The molecule has 0 radical (unpaired) electrons. The highest BCUT2D eigenvalue weighted by molar-refractivity contribution is 5.79. The summed E-state index contributed by atoms with van der Waals surface area (Å²) in [4.78, 5) is 21.6. The van der Waals surface area contributed by atoms with Crippen molar-refractivity contribution in [1.29, 1.82) is 0 Å². The number of non-ortho nitro benzene ring substituents is 1. The Kier molecular flexibility index (Phi) is 4.86. The van der Waals surface area contributed by atoms with Gasteiger partial charge >= 0.3 is 5.97 Å². The van der Waals surface area contributed by atoms with Gasteiger partial charge in [-0.05, 0) is 24.0 Å². The lowest BCUT2D eigenvalue weighted by molar-refractivity contribution is -0.384. The fraction of sp³-hybridized carbons (Fsp3) is 0.462. The zero-order valence-electron chi connectivity index (χ0n) is 11.0. The largest absolute Gasteiger partial charge is 0.481 e. The van der Waals surface area contributed by atoms with Crippen molar-refractivity contribution in [1.82, 2.24) is 0 Å². The van der Waals surface area contributed by atoms with Gasteiger partial charge in [0, 0.05) is 17.8 Å². The molecule has 1 aromatic carbocycles. The van der Waals surface area contributed by atoms with Crippen LogP contribution in [0.15, 0.2) is 18.2 Å². The predicted octanol–water partition coefficient (Wildman–Crippen LogP) is 2.78. The molecule has 0 heterocycles. The smallest absolute Gasteiger partial charge is 0.311 e. The van der Waals surface area contributed by atoms with Gasteiger partial charge in [0.2, 0.25) is 0 Å². The second kappa shape index (κ2) is 6.17. The van der Waals surface area contributed by atoms with Gasteiger partial charge < -0.3 is 10.8 Å². The van der Waals surface area contributed by atoms with Crippen LogP contribution >= 0.6 is 0 Å². The second-order valence-corrected chi connectivity index (χ2v) is 4.65. The second-order valence-electron chi connectivity index (χ2n) is 4.65. The number of nitrogens with two attached hydrogens (primary N) is 1. The van der Waals surface area contributed by atoms with Crippen LogP contribution in [0, 0.1) is 16.0 Å². The Morgan fingerprint density at radius 1 is 1.53 bits per heavy atom. The normalized spacial score (nSPS) is 13.8. The highest BCUT2D eigenvalue weighted by Crippen LogP contribution is 2.34. The average Bonchev–Trinajstić information content (AvgIpc) is 2.31. The standard InChI is InChI=1S/C13H18N2O4/c1-3-4-8(2)12(13(16)17)10-7-9(15(18)19)5-6-11(10)14/h5-8,12H,3-4,14H2,1-2H3,(H,16,17). The van der Waals surface area contributed by atoms with Crippen molar-refractivity contribution in [2.24, 2.45) is 5.92 Å². The van der Waals surface area contributed by atoms with Crippen LogP contribution in [0.1, 0.15) is 38.2 Å². The number of nitrogens with zero attached hydrogens (tertiary/aromatic N) is 1. The van der Waals surface area contributed by atoms with E-state index in [0.717, 1.165) is 12.8 Å². The summed E-state index contributed by atoms with van der Waals surface area (Å²) in [6.07, 6.45) is 1.57. The molecule has 0 fully saturated rings. The number of aliphatic carboxylic acids is 1. The van der Waals surface area contributed by atoms with Crippen molar-refractivity contribution in [2.45, 2.75) is 32.6 Å². The zero-order valence-corrected chi connectivity index (χ0v) is 11.0. The maximum atomic E-state index is 11.4. The number of carbonyl (C=O) groups is 1. The lowest BCUT2D eigenvalue weighted by atomic mass is 9.83. The number of carboxylic acid groups (broad SMARTS) is 1. The third-order valence-electron chi connectivity index (χ3n) is 3.20. The summed E-state index contributed by atoms with van der Waals surface area (Å²) in [5.41, 5.74) is 6.24. The van der Waals surface area contributed by atoms with Crippen LogP contribution < -0.4 is 5.73 Å². The summed E-state index contributed by atoms with van der Waals surface area (Å²) in [5, 5.41) is 20.1. The van der Waals surface area contributed by atoms with E-state index < -0.39 is 16.8 Å². The van der Waals surface area contributed by atoms with Gasteiger partial charge in [-0.1, -0.05) is 20.3 Å². The molecule has 3 N–H and O–H groups in total. The van der Waals surface area contributed by atoms with Crippen LogP contribution in [-0.2, 0) is 4.79 Å². The van der Waals surface area contributed by atoms with E-state index in [4.69, 9.17) is 5.73 Å². The van der Waals surface area contributed by atoms with Crippen molar-refractivity contribution in [3.05, 3.63) is 33.9 Å². The van der Waals surface area contributed by atoms with Crippen molar-refractivity contribution >= 4 is 17.3 Å². The molecule has 0 amide bonds. The van der Waals surface area contributed by atoms with E-state index in [-0.39, 0.29) is 17.3 Å². The Hall–Kier alpha value is -2.11. The molecule has 1 rings (SSSR count). The van der Waals surface area contributed by atoms with Gasteiger partial charge in [0.05, 0.1) is 10.8 Å². The molecule has 1 aromatic rings. The summed E-state index contributed by atoms with van der Waals surface area (Å²) in [6, 6.07) is 3.94. The molecule has 0 aromatic heterocycles. The number of anilines is 1. The molecule has 0 saturated carbocycles. The molecule has 2 atom stereocenters. The van der Waals surface area contributed by atoms with Crippen LogP contribution in [-0.4, -0.2) is 16.0 Å². The molecule has 0 aliphatic heterocycles. The first-order chi connectivity index (χ1) is 8.88. The molecule has 0 saturated heterocycles. The van der Waals surface area contributed by atoms with Gasteiger partial charge in [-0.25, -0.2) is 0 Å². The molecule has 6 heteroatoms. The highest BCUT2D eigenvalue weighted by atomic mass is 16.6. The van der Waals surface area contributed by atoms with Crippen LogP contribution in [0.2, 0.25) is 0 Å². The van der Waals surface area contributed by atoms with E-state index >= 15 is 0 Å². The predicted molar refractivity (Wildman–Crippen MR) is 72.0 cm³/mol. The van der Waals surface area contributed by atoms with Crippen molar-refractivity contribution in [2.75, 3.05) is 5.73 Å². The summed E-state index contributed by atoms with van der Waals surface area (Å²) < 4.78 is 0. The molecule has 6 nitrogen and oxygen atoms in total. The van der Waals surface area contributed by atoms with Crippen LogP contribution in [0.4, 0.5) is 11.4 Å². The molecule has 19 heavy (non-hydrogen) atoms. The maximum absolute atomic E-state index is 11.4. The number of hydrogen-bond acceptors (Lipinski definition) is 4. The number of rotatable bonds is 6. The lowest BCUT2D eigenvalue weighted by Gasteiger charge is -2.21. The van der Waals surface area contributed by atoms with E-state index in [0.29, 0.717) is 5.56 Å². The number of benzene rings is 1. The van der Waals surface area contributed by atoms with Crippen molar-refractivity contribution in [3.8, 4) is 0 Å². The lowest BCUT2D eigenvalue weighted by Crippen LogP contribution is -2.21. The van der Waals surface area contributed by atoms with E-state index in [2.05, 4.69) is 0 Å². The summed E-state index contributed by atoms with van der Waals surface area (Å²) in [5.74, 6) is -1.96. The minimum Gasteiger partial charge on any atom is -0.481 e. The molecular formula is C13H18N2O4. The van der Waals surface area contributed by atoms with Gasteiger partial charge in [0.15, 0.2) is 0 Å². The van der Waals surface area contributed by atoms with Crippen LogP contribution in [0.5, 0.6) is 0 Å². The Morgan fingerprint density at radius 2 is 2.16 bits per heavy atom. The number of nitro benzene ring substituents is 1. The molecule has 0 spiro atoms. The Labute approximate surface area is 111 Å². The third kappa shape index (κ3) is 3.43. The summed E-state index contributed by atoms with van der Waals surface area (Å²) >= 11 is 0. The monoisotopic (exact) mass is 266 g/mol.